The SMILES string of the molecule is Cc1ccc(C=CC=CC=CC=CC2=CC(=O)OC2O)cc1. The Morgan fingerprint density at radius 1 is 0.955 bits per heavy atom. The second-order valence-electron chi connectivity index (χ2n) is 4.83. The second-order valence-corrected chi connectivity index (χ2v) is 4.83. The molecule has 0 fully saturated rings. The molecule has 0 saturated heterocycles. The van der Waals surface area contributed by atoms with Crippen LogP contribution >= 0.6 is 0 Å². The van der Waals surface area contributed by atoms with Crippen molar-refractivity contribution in [3.05, 3.63) is 89.6 Å². The van der Waals surface area contributed by atoms with Gasteiger partial charge in [-0.3, -0.25) is 0 Å². The first kappa shape index (κ1) is 15.7. The third kappa shape index (κ3) is 5.04. The first-order valence-electron chi connectivity index (χ1n) is 7.00. The molecule has 2 rings (SSSR count). The molecule has 112 valence electrons. The number of cyclic esters (lactones) is 1. The number of hydrogen-bond acceptors (Lipinski definition) is 3. The predicted octanol–water partition coefficient (Wildman–Crippen LogP) is 3.48. The standard InChI is InChI=1S/C19H18O3/c1-15-10-12-16(13-11-15)8-6-4-2-3-5-7-9-17-14-18(20)22-19(17)21/h2-14,19,21H,1H3. The van der Waals surface area contributed by atoms with E-state index in [1.54, 1.807) is 12.2 Å². The zero-order valence-corrected chi connectivity index (χ0v) is 12.3. The van der Waals surface area contributed by atoms with Crippen molar-refractivity contribution in [1.29, 1.82) is 0 Å². The van der Waals surface area contributed by atoms with Crippen LogP contribution in [0, 0.1) is 6.92 Å². The van der Waals surface area contributed by atoms with E-state index in [1.807, 2.05) is 36.5 Å². The summed E-state index contributed by atoms with van der Waals surface area (Å²) in [5.74, 6) is -0.516. The molecule has 1 heterocycles. The lowest BCUT2D eigenvalue weighted by Crippen LogP contribution is -2.08. The average molecular weight is 294 g/mol. The van der Waals surface area contributed by atoms with Crippen molar-refractivity contribution in [3.8, 4) is 0 Å². The fourth-order valence-corrected chi connectivity index (χ4v) is 1.82. The van der Waals surface area contributed by atoms with Crippen molar-refractivity contribution in [2.45, 2.75) is 13.2 Å². The van der Waals surface area contributed by atoms with Crippen molar-refractivity contribution in [3.63, 3.8) is 0 Å². The van der Waals surface area contributed by atoms with Crippen LogP contribution in [0.2, 0.25) is 0 Å². The molecule has 3 heteroatoms. The summed E-state index contributed by atoms with van der Waals surface area (Å²) in [6, 6.07) is 8.30. The topological polar surface area (TPSA) is 46.5 Å². The lowest BCUT2D eigenvalue weighted by atomic mass is 10.1. The summed E-state index contributed by atoms with van der Waals surface area (Å²) in [6.07, 6.45) is 15.0. The van der Waals surface area contributed by atoms with E-state index >= 15 is 0 Å². The third-order valence-corrected chi connectivity index (χ3v) is 3.01. The monoisotopic (exact) mass is 294 g/mol. The van der Waals surface area contributed by atoms with Crippen LogP contribution in [-0.4, -0.2) is 17.4 Å². The number of carbonyl (C=O) groups is 1. The van der Waals surface area contributed by atoms with Crippen LogP contribution in [0.25, 0.3) is 6.08 Å². The highest BCUT2D eigenvalue weighted by molar-refractivity contribution is 5.86. The Morgan fingerprint density at radius 3 is 2.14 bits per heavy atom. The van der Waals surface area contributed by atoms with Gasteiger partial charge in [-0.25, -0.2) is 4.79 Å². The number of esters is 1. The van der Waals surface area contributed by atoms with Gasteiger partial charge in [0.05, 0.1) is 0 Å². The number of benzene rings is 1. The highest BCUT2D eigenvalue weighted by Crippen LogP contribution is 2.14. The lowest BCUT2D eigenvalue weighted by Gasteiger charge is -2.01. The quantitative estimate of drug-likeness (QED) is 0.668. The molecule has 1 aliphatic heterocycles. The van der Waals surface area contributed by atoms with Crippen LogP contribution in [0.15, 0.2) is 78.4 Å². The number of ether oxygens (including phenoxy) is 1. The molecule has 22 heavy (non-hydrogen) atoms. The van der Waals surface area contributed by atoms with Gasteiger partial charge in [-0.15, -0.1) is 0 Å². The molecule has 1 aromatic rings. The summed E-state index contributed by atoms with van der Waals surface area (Å²) < 4.78 is 4.56. The highest BCUT2D eigenvalue weighted by Gasteiger charge is 2.20. The Hall–Kier alpha value is -2.65. The maximum atomic E-state index is 10.9. The minimum absolute atomic E-state index is 0.456. The normalized spacial score (nSPS) is 18.9. The molecule has 0 aliphatic carbocycles. The van der Waals surface area contributed by atoms with E-state index in [2.05, 4.69) is 35.9 Å². The summed E-state index contributed by atoms with van der Waals surface area (Å²) in [7, 11) is 0. The van der Waals surface area contributed by atoms with Crippen LogP contribution in [0.5, 0.6) is 0 Å². The third-order valence-electron chi connectivity index (χ3n) is 3.01. The Morgan fingerprint density at radius 2 is 1.55 bits per heavy atom. The summed E-state index contributed by atoms with van der Waals surface area (Å²) in [6.45, 7) is 2.06. The second kappa shape index (κ2) is 7.96. The van der Waals surface area contributed by atoms with E-state index in [9.17, 15) is 9.90 Å². The molecule has 0 spiro atoms. The van der Waals surface area contributed by atoms with Crippen molar-refractivity contribution < 1.29 is 14.6 Å². The molecule has 1 atom stereocenters. The number of carbonyl (C=O) groups excluding carboxylic acids is 1. The fourth-order valence-electron chi connectivity index (χ4n) is 1.82. The zero-order chi connectivity index (χ0) is 15.8. The molecule has 0 amide bonds. The lowest BCUT2D eigenvalue weighted by molar-refractivity contribution is -0.150. The smallest absolute Gasteiger partial charge is 0.333 e. The van der Waals surface area contributed by atoms with Gasteiger partial charge in [0, 0.05) is 11.6 Å². The summed E-state index contributed by atoms with van der Waals surface area (Å²) >= 11 is 0. The van der Waals surface area contributed by atoms with E-state index in [0.29, 0.717) is 5.57 Å². The van der Waals surface area contributed by atoms with Gasteiger partial charge in [-0.05, 0) is 12.5 Å². The van der Waals surface area contributed by atoms with Crippen molar-refractivity contribution >= 4 is 12.0 Å². The molecule has 0 saturated carbocycles. The Labute approximate surface area is 130 Å². The fraction of sp³-hybridized carbons (Fsp3) is 0.105. The average Bonchev–Trinajstić information content (AvgIpc) is 2.82. The molecule has 3 nitrogen and oxygen atoms in total. The van der Waals surface area contributed by atoms with Crippen molar-refractivity contribution in [1.82, 2.24) is 0 Å². The van der Waals surface area contributed by atoms with E-state index in [1.165, 1.54) is 11.6 Å². The van der Waals surface area contributed by atoms with Gasteiger partial charge in [0.1, 0.15) is 0 Å². The Kier molecular flexibility index (Phi) is 5.69. The molecule has 1 unspecified atom stereocenters. The molecule has 0 radical (unpaired) electrons. The highest BCUT2D eigenvalue weighted by atomic mass is 16.6. The van der Waals surface area contributed by atoms with Crippen molar-refractivity contribution in [2.75, 3.05) is 0 Å². The molecule has 0 aromatic heterocycles. The first-order chi connectivity index (χ1) is 10.6. The number of rotatable bonds is 5. The summed E-state index contributed by atoms with van der Waals surface area (Å²) in [5, 5.41) is 9.35. The van der Waals surface area contributed by atoms with Gasteiger partial charge in [-0.1, -0.05) is 78.4 Å². The molecular weight excluding hydrogens is 276 g/mol. The van der Waals surface area contributed by atoms with Crippen LogP contribution in [-0.2, 0) is 9.53 Å². The van der Waals surface area contributed by atoms with Crippen LogP contribution in [0.3, 0.4) is 0 Å². The summed E-state index contributed by atoms with van der Waals surface area (Å²) in [5.41, 5.74) is 2.86. The van der Waals surface area contributed by atoms with Gasteiger partial charge in [0.2, 0.25) is 6.29 Å². The molecule has 0 bridgehead atoms. The van der Waals surface area contributed by atoms with Crippen molar-refractivity contribution in [2.24, 2.45) is 0 Å². The molecule has 1 aromatic carbocycles. The molecule has 1 N–H and O–H groups in total. The molecule has 1 aliphatic rings. The van der Waals surface area contributed by atoms with E-state index in [-0.39, 0.29) is 0 Å². The Balaban J connectivity index is 1.78. The van der Waals surface area contributed by atoms with Crippen LogP contribution in [0.4, 0.5) is 0 Å². The van der Waals surface area contributed by atoms with E-state index in [0.717, 1.165) is 5.56 Å². The molecular formula is C19H18O3. The van der Waals surface area contributed by atoms with Gasteiger partial charge >= 0.3 is 5.97 Å². The maximum absolute atomic E-state index is 10.9. The first-order valence-corrected chi connectivity index (χ1v) is 7.00. The minimum Gasteiger partial charge on any atom is -0.428 e. The van der Waals surface area contributed by atoms with Crippen LogP contribution in [0.1, 0.15) is 11.1 Å². The van der Waals surface area contributed by atoms with E-state index < -0.39 is 12.3 Å². The van der Waals surface area contributed by atoms with Gasteiger partial charge in [0.25, 0.3) is 0 Å². The van der Waals surface area contributed by atoms with Gasteiger partial charge in [-0.2, -0.15) is 0 Å². The number of allylic oxidation sites excluding steroid dienone is 6. The van der Waals surface area contributed by atoms with Gasteiger partial charge in [0.15, 0.2) is 0 Å². The Bertz CT molecular complexity index is 658. The number of aliphatic hydroxyl groups excluding tert-OH is 1. The van der Waals surface area contributed by atoms with Gasteiger partial charge < -0.3 is 9.84 Å². The maximum Gasteiger partial charge on any atom is 0.333 e. The van der Waals surface area contributed by atoms with Crippen LogP contribution < -0.4 is 0 Å². The number of aryl methyl sites for hydroxylation is 1. The van der Waals surface area contributed by atoms with E-state index in [4.69, 9.17) is 0 Å². The predicted molar refractivity (Wildman–Crippen MR) is 87.8 cm³/mol. The number of aliphatic hydroxyl groups is 1. The zero-order valence-electron chi connectivity index (χ0n) is 12.3. The number of hydrogen-bond donors (Lipinski definition) is 1. The summed E-state index contributed by atoms with van der Waals surface area (Å²) in [4.78, 5) is 10.9. The largest absolute Gasteiger partial charge is 0.428 e. The minimum atomic E-state index is -1.15.